The predicted octanol–water partition coefficient (Wildman–Crippen LogP) is 8.45. The average Bonchev–Trinajstić information content (AvgIpc) is 3.50. The van der Waals surface area contributed by atoms with E-state index in [4.69, 9.17) is 9.97 Å². The van der Waals surface area contributed by atoms with Crippen molar-refractivity contribution >= 4 is 28.1 Å². The van der Waals surface area contributed by atoms with Gasteiger partial charge in [0.15, 0.2) is 5.13 Å². The molecule has 0 bridgehead atoms. The highest BCUT2D eigenvalue weighted by Crippen LogP contribution is 2.38. The van der Waals surface area contributed by atoms with Crippen LogP contribution in [0.15, 0.2) is 24.3 Å². The van der Waals surface area contributed by atoms with Crippen LogP contribution >= 0.6 is 11.3 Å². The molecule has 0 spiro atoms. The van der Waals surface area contributed by atoms with Gasteiger partial charge in [0, 0.05) is 42.2 Å². The Morgan fingerprint density at radius 2 is 1.90 bits per heavy atom. The normalized spacial score (nSPS) is 16.8. The van der Waals surface area contributed by atoms with Crippen LogP contribution in [0.1, 0.15) is 76.1 Å². The Kier molecular flexibility index (Phi) is 10.2. The van der Waals surface area contributed by atoms with Gasteiger partial charge in [-0.05, 0) is 70.2 Å². The molecule has 3 aromatic rings. The summed E-state index contributed by atoms with van der Waals surface area (Å²) in [6, 6.07) is 4.87. The van der Waals surface area contributed by atoms with E-state index in [1.54, 1.807) is 0 Å². The number of halogens is 4. The molecule has 1 aliphatic heterocycles. The quantitative estimate of drug-likeness (QED) is 0.213. The third-order valence-electron chi connectivity index (χ3n) is 7.70. The Balaban J connectivity index is 1.68. The van der Waals surface area contributed by atoms with E-state index in [1.807, 2.05) is 13.0 Å². The minimum absolute atomic E-state index is 0.113. The van der Waals surface area contributed by atoms with E-state index in [-0.39, 0.29) is 5.56 Å². The Morgan fingerprint density at radius 1 is 1.12 bits per heavy atom. The van der Waals surface area contributed by atoms with E-state index < -0.39 is 17.6 Å². The van der Waals surface area contributed by atoms with Crippen LogP contribution in [-0.2, 0) is 12.7 Å². The molecule has 224 valence electrons. The highest BCUT2D eigenvalue weighted by Gasteiger charge is 2.32. The summed E-state index contributed by atoms with van der Waals surface area (Å²) >= 11 is 1.36. The van der Waals surface area contributed by atoms with Gasteiger partial charge in [-0.1, -0.05) is 38.5 Å². The zero-order valence-corrected chi connectivity index (χ0v) is 25.3. The number of aryl methyl sites for hydroxylation is 1. The molecule has 3 heterocycles. The number of alkyl halides is 3. The molecule has 0 radical (unpaired) electrons. The van der Waals surface area contributed by atoms with Crippen molar-refractivity contribution in [3.8, 4) is 11.3 Å². The average molecular weight is 593 g/mol. The number of anilines is 3. The highest BCUT2D eigenvalue weighted by molar-refractivity contribution is 7.16. The van der Waals surface area contributed by atoms with E-state index >= 15 is 0 Å². The van der Waals surface area contributed by atoms with Gasteiger partial charge in [-0.3, -0.25) is 4.90 Å². The SMILES string of the molecule is CCCN(CCC(C)CC)c1cc(Nc2nc(-c3cc(F)cc(C(F)(F)F)c3)c(CN3CCCC3C)s2)nc(C)n1. The van der Waals surface area contributed by atoms with Crippen molar-refractivity contribution in [2.24, 2.45) is 5.92 Å². The zero-order chi connectivity index (χ0) is 29.7. The van der Waals surface area contributed by atoms with Gasteiger partial charge in [0.1, 0.15) is 23.3 Å². The van der Waals surface area contributed by atoms with Gasteiger partial charge in [0.2, 0.25) is 0 Å². The molecule has 0 saturated carbocycles. The molecule has 1 aromatic carbocycles. The molecule has 0 amide bonds. The van der Waals surface area contributed by atoms with Gasteiger partial charge < -0.3 is 10.2 Å². The number of nitrogens with zero attached hydrogens (tertiary/aromatic N) is 5. The van der Waals surface area contributed by atoms with Gasteiger partial charge in [-0.2, -0.15) is 13.2 Å². The van der Waals surface area contributed by atoms with Crippen molar-refractivity contribution in [2.45, 2.75) is 85.5 Å². The van der Waals surface area contributed by atoms with Crippen LogP contribution in [0.4, 0.5) is 34.3 Å². The summed E-state index contributed by atoms with van der Waals surface area (Å²) in [5, 5.41) is 3.77. The number of benzene rings is 1. The highest BCUT2D eigenvalue weighted by atomic mass is 32.1. The number of aromatic nitrogens is 3. The van der Waals surface area contributed by atoms with Gasteiger partial charge in [-0.25, -0.2) is 19.3 Å². The van der Waals surface area contributed by atoms with E-state index in [0.717, 1.165) is 74.6 Å². The molecule has 11 heteroatoms. The topological polar surface area (TPSA) is 57.2 Å². The first kappa shape index (κ1) is 31.2. The van der Waals surface area contributed by atoms with Gasteiger partial charge in [0.25, 0.3) is 0 Å². The summed E-state index contributed by atoms with van der Waals surface area (Å²) < 4.78 is 55.0. The Bertz CT molecular complexity index is 1310. The molecular weight excluding hydrogens is 552 g/mol. The maximum atomic E-state index is 14.4. The second-order valence-electron chi connectivity index (χ2n) is 11.1. The van der Waals surface area contributed by atoms with E-state index in [2.05, 4.69) is 47.8 Å². The molecule has 2 aromatic heterocycles. The molecule has 0 aliphatic carbocycles. The minimum atomic E-state index is -4.66. The number of thiazole rings is 1. The lowest BCUT2D eigenvalue weighted by Crippen LogP contribution is -2.27. The molecule has 4 rings (SSSR count). The van der Waals surface area contributed by atoms with Gasteiger partial charge in [-0.15, -0.1) is 0 Å². The number of likely N-dealkylation sites (tertiary alicyclic amines) is 1. The fraction of sp³-hybridized carbons (Fsp3) is 0.567. The van der Waals surface area contributed by atoms with E-state index in [0.29, 0.717) is 47.0 Å². The van der Waals surface area contributed by atoms with Crippen LogP contribution in [0.5, 0.6) is 0 Å². The molecule has 1 aliphatic rings. The lowest BCUT2D eigenvalue weighted by molar-refractivity contribution is -0.137. The molecule has 1 N–H and O–H groups in total. The van der Waals surface area contributed by atoms with Crippen molar-refractivity contribution in [1.29, 1.82) is 0 Å². The lowest BCUT2D eigenvalue weighted by atomic mass is 10.1. The third kappa shape index (κ3) is 8.16. The van der Waals surface area contributed by atoms with Crippen molar-refractivity contribution in [3.63, 3.8) is 0 Å². The maximum Gasteiger partial charge on any atom is 0.416 e. The minimum Gasteiger partial charge on any atom is -0.356 e. The number of hydrogen-bond acceptors (Lipinski definition) is 7. The standard InChI is InChI=1S/C30H40F4N6S/c1-6-11-39(13-10-19(3)7-2)27-17-26(35-21(5)36-27)37-29-38-28(25(41-29)18-40-12-8-9-20(40)4)22-14-23(30(32,33)34)16-24(31)15-22/h14-17,19-20H,6-13,18H2,1-5H3,(H,35,36,37,38). The summed E-state index contributed by atoms with van der Waals surface area (Å²) in [5.41, 5.74) is -0.559. The first-order chi connectivity index (χ1) is 19.5. The molecule has 2 unspecified atom stereocenters. The van der Waals surface area contributed by atoms with Crippen molar-refractivity contribution in [3.05, 3.63) is 46.3 Å². The number of hydrogen-bond donors (Lipinski definition) is 1. The Morgan fingerprint density at radius 3 is 2.56 bits per heavy atom. The molecule has 41 heavy (non-hydrogen) atoms. The lowest BCUT2D eigenvalue weighted by Gasteiger charge is -2.25. The summed E-state index contributed by atoms with van der Waals surface area (Å²) in [4.78, 5) is 19.3. The third-order valence-corrected chi connectivity index (χ3v) is 8.65. The molecule has 1 fully saturated rings. The first-order valence-electron chi connectivity index (χ1n) is 14.5. The van der Waals surface area contributed by atoms with Crippen LogP contribution in [-0.4, -0.2) is 45.5 Å². The fourth-order valence-corrected chi connectivity index (χ4v) is 6.14. The van der Waals surface area contributed by atoms with Gasteiger partial charge in [0.05, 0.1) is 11.3 Å². The predicted molar refractivity (Wildman–Crippen MR) is 158 cm³/mol. The summed E-state index contributed by atoms with van der Waals surface area (Å²) in [6.07, 6.45) is 0.624. The van der Waals surface area contributed by atoms with Crippen molar-refractivity contribution in [1.82, 2.24) is 19.9 Å². The van der Waals surface area contributed by atoms with Crippen LogP contribution in [0.3, 0.4) is 0 Å². The number of rotatable bonds is 12. The van der Waals surface area contributed by atoms with Crippen molar-refractivity contribution < 1.29 is 17.6 Å². The zero-order valence-electron chi connectivity index (χ0n) is 24.5. The van der Waals surface area contributed by atoms with Crippen LogP contribution < -0.4 is 10.2 Å². The van der Waals surface area contributed by atoms with Crippen LogP contribution in [0.2, 0.25) is 0 Å². The monoisotopic (exact) mass is 592 g/mol. The molecule has 1 saturated heterocycles. The summed E-state index contributed by atoms with van der Waals surface area (Å²) in [6.45, 7) is 13.8. The summed E-state index contributed by atoms with van der Waals surface area (Å²) in [5.74, 6) is 1.67. The number of nitrogens with one attached hydrogen (secondary N) is 1. The largest absolute Gasteiger partial charge is 0.416 e. The van der Waals surface area contributed by atoms with Crippen molar-refractivity contribution in [2.75, 3.05) is 29.9 Å². The van der Waals surface area contributed by atoms with E-state index in [1.165, 1.54) is 11.3 Å². The molecule has 6 nitrogen and oxygen atoms in total. The fourth-order valence-electron chi connectivity index (χ4n) is 5.12. The van der Waals surface area contributed by atoms with Crippen LogP contribution in [0, 0.1) is 18.7 Å². The Labute approximate surface area is 244 Å². The maximum absolute atomic E-state index is 14.4. The van der Waals surface area contributed by atoms with E-state index in [9.17, 15) is 17.6 Å². The second kappa shape index (κ2) is 13.5. The summed E-state index contributed by atoms with van der Waals surface area (Å²) in [7, 11) is 0. The van der Waals surface area contributed by atoms with Gasteiger partial charge >= 0.3 is 6.18 Å². The Hall–Kier alpha value is -2.79. The molecule has 2 atom stereocenters. The smallest absolute Gasteiger partial charge is 0.356 e. The molecular formula is C30H40F4N6S. The van der Waals surface area contributed by atoms with Crippen LogP contribution in [0.25, 0.3) is 11.3 Å². The second-order valence-corrected chi connectivity index (χ2v) is 12.1. The first-order valence-corrected chi connectivity index (χ1v) is 15.3.